The van der Waals surface area contributed by atoms with Gasteiger partial charge >= 0.3 is 4.87 Å². The van der Waals surface area contributed by atoms with Crippen molar-refractivity contribution in [3.8, 4) is 17.2 Å². The van der Waals surface area contributed by atoms with Crippen LogP contribution in [0.25, 0.3) is 0 Å². The maximum Gasteiger partial charge on any atom is 0.305 e. The Hall–Kier alpha value is -3.24. The van der Waals surface area contributed by atoms with Gasteiger partial charge < -0.3 is 19.6 Å². The third-order valence-corrected chi connectivity index (χ3v) is 11.2. The number of carbonyl (C=O) groups is 2. The largest absolute Gasteiger partial charge is 0.504 e. The second-order valence-corrected chi connectivity index (χ2v) is 12.3. The molecule has 0 radical (unpaired) electrons. The summed E-state index contributed by atoms with van der Waals surface area (Å²) >= 11 is 2.86. The highest BCUT2D eigenvalue weighted by molar-refractivity contribution is 8.00. The number of aromatic amines is 1. The van der Waals surface area contributed by atoms with Crippen molar-refractivity contribution in [3.63, 3.8) is 0 Å². The first-order valence-electron chi connectivity index (χ1n) is 12.2. The summed E-state index contributed by atoms with van der Waals surface area (Å²) in [5, 5.41) is 11.2. The van der Waals surface area contributed by atoms with E-state index in [0.717, 1.165) is 21.9 Å². The van der Waals surface area contributed by atoms with Gasteiger partial charge in [0.1, 0.15) is 5.75 Å². The minimum absolute atomic E-state index is 0.0161. The number of carbonyl (C=O) groups excluding carboxylic acids is 2. The van der Waals surface area contributed by atoms with Crippen LogP contribution in [0.2, 0.25) is 0 Å². The molecule has 2 N–H and O–H groups in total. The predicted octanol–water partition coefficient (Wildman–Crippen LogP) is 3.84. The molecule has 1 saturated heterocycles. The number of benzene rings is 2. The summed E-state index contributed by atoms with van der Waals surface area (Å²) in [4.78, 5) is 45.1. The van der Waals surface area contributed by atoms with Crippen LogP contribution in [0, 0.1) is 29.6 Å². The summed E-state index contributed by atoms with van der Waals surface area (Å²) in [6.07, 6.45) is 0.816. The van der Waals surface area contributed by atoms with E-state index in [1.54, 1.807) is 49.2 Å². The number of hydrogen-bond acceptors (Lipinski definition) is 8. The molecule has 2 aliphatic heterocycles. The summed E-state index contributed by atoms with van der Waals surface area (Å²) in [5.74, 6) is 0.111. The lowest BCUT2D eigenvalue weighted by Gasteiger charge is -2.43. The third-order valence-electron chi connectivity index (χ3n) is 8.62. The van der Waals surface area contributed by atoms with E-state index in [4.69, 9.17) is 9.47 Å². The van der Waals surface area contributed by atoms with E-state index in [0.29, 0.717) is 17.2 Å². The van der Waals surface area contributed by atoms with E-state index < -0.39 is 0 Å². The molecule has 2 amide bonds. The quantitative estimate of drug-likeness (QED) is 0.488. The average molecular weight is 537 g/mol. The molecule has 0 spiro atoms. The van der Waals surface area contributed by atoms with Gasteiger partial charge in [0, 0.05) is 16.0 Å². The SMILES string of the molecule is COc1ccc(N2C(=O)[C@@H]3[C@H]4C[C@@H]([C@@H]3C2=O)[C@@H]2[C@H](c3ccc(O)c(OC)c3)c3sc(=O)[nH]c3S[C@H]42)cc1. The van der Waals surface area contributed by atoms with Crippen molar-refractivity contribution in [2.24, 2.45) is 29.6 Å². The maximum absolute atomic E-state index is 13.8. The summed E-state index contributed by atoms with van der Waals surface area (Å²) < 4.78 is 10.6. The number of fused-ring (bicyclic) bond motifs is 9. The molecular formula is C27H24N2O6S2. The second-order valence-electron chi connectivity index (χ2n) is 10.1. The van der Waals surface area contributed by atoms with Crippen molar-refractivity contribution in [1.29, 1.82) is 0 Å². The van der Waals surface area contributed by atoms with Gasteiger partial charge in [-0.2, -0.15) is 0 Å². The molecule has 0 unspecified atom stereocenters. The number of H-pyrrole nitrogens is 1. The number of phenolic OH excluding ortho intramolecular Hbond substituents is 1. The lowest BCUT2D eigenvalue weighted by molar-refractivity contribution is -0.123. The first kappa shape index (κ1) is 22.9. The van der Waals surface area contributed by atoms with Gasteiger partial charge in [0.05, 0.1) is 36.8 Å². The lowest BCUT2D eigenvalue weighted by atomic mass is 9.68. The van der Waals surface area contributed by atoms with Gasteiger partial charge in [-0.3, -0.25) is 19.3 Å². The summed E-state index contributed by atoms with van der Waals surface area (Å²) in [6.45, 7) is 0. The number of ether oxygens (including phenoxy) is 2. The molecule has 3 heterocycles. The van der Waals surface area contributed by atoms with Crippen LogP contribution in [0.3, 0.4) is 0 Å². The normalized spacial score (nSPS) is 31.3. The first-order valence-corrected chi connectivity index (χ1v) is 13.9. The van der Waals surface area contributed by atoms with Crippen molar-refractivity contribution in [3.05, 3.63) is 62.6 Å². The van der Waals surface area contributed by atoms with Crippen molar-refractivity contribution in [2.75, 3.05) is 19.1 Å². The van der Waals surface area contributed by atoms with Crippen LogP contribution < -0.4 is 19.2 Å². The number of imide groups is 1. The zero-order chi connectivity index (χ0) is 25.6. The van der Waals surface area contributed by atoms with Gasteiger partial charge in [-0.25, -0.2) is 0 Å². The number of amides is 2. The highest BCUT2D eigenvalue weighted by atomic mass is 32.2. The number of thioether (sulfide) groups is 1. The number of nitrogens with zero attached hydrogens (tertiary/aromatic N) is 1. The van der Waals surface area contributed by atoms with Gasteiger partial charge in [0.15, 0.2) is 11.5 Å². The fraction of sp³-hybridized carbons (Fsp3) is 0.370. The van der Waals surface area contributed by atoms with Crippen LogP contribution in [-0.2, 0) is 9.59 Å². The molecular weight excluding hydrogens is 512 g/mol. The molecule has 2 aromatic carbocycles. The number of hydrogen-bond donors (Lipinski definition) is 2. The van der Waals surface area contributed by atoms with Gasteiger partial charge in [-0.1, -0.05) is 17.4 Å². The molecule has 7 rings (SSSR count). The highest BCUT2D eigenvalue weighted by Gasteiger charge is 2.69. The fourth-order valence-corrected chi connectivity index (χ4v) is 10.2. The smallest absolute Gasteiger partial charge is 0.305 e. The van der Waals surface area contributed by atoms with E-state index in [-0.39, 0.29) is 63.2 Å². The molecule has 190 valence electrons. The van der Waals surface area contributed by atoms with Crippen LogP contribution >= 0.6 is 23.1 Å². The summed E-state index contributed by atoms with van der Waals surface area (Å²) in [6, 6.07) is 12.4. The molecule has 4 aliphatic rings. The van der Waals surface area contributed by atoms with E-state index in [9.17, 15) is 19.5 Å². The standard InChI is InChI=1S/C27H24N2O6S2/c1-34-13-6-4-12(5-7-13)29-25(31)20-14-10-15(21(20)26(29)32)22-19(14)18(23-24(36-22)28-27(33)37-23)11-3-8-16(30)17(9-11)35-2/h3-9,14-15,18-22,30H,10H2,1-2H3,(H,28,33)/t14-,15-,18+,19-,20+,21-,22-/m1/s1. The highest BCUT2D eigenvalue weighted by Crippen LogP contribution is 2.68. The molecule has 3 aromatic rings. The molecule has 2 bridgehead atoms. The molecule has 3 fully saturated rings. The first-order chi connectivity index (χ1) is 17.9. The Labute approximate surface area is 220 Å². The van der Waals surface area contributed by atoms with Gasteiger partial charge in [-0.15, -0.1) is 11.8 Å². The third kappa shape index (κ3) is 3.11. The number of aromatic hydroxyl groups is 1. The average Bonchev–Trinajstić information content (AvgIpc) is 3.63. The number of aromatic nitrogens is 1. The van der Waals surface area contributed by atoms with E-state index in [2.05, 4.69) is 4.98 Å². The maximum atomic E-state index is 13.8. The summed E-state index contributed by atoms with van der Waals surface area (Å²) in [5.41, 5.74) is 1.51. The molecule has 2 aliphatic carbocycles. The zero-order valence-corrected chi connectivity index (χ0v) is 21.7. The molecule has 7 atom stereocenters. The van der Waals surface area contributed by atoms with E-state index in [1.165, 1.54) is 23.3 Å². The van der Waals surface area contributed by atoms with E-state index >= 15 is 0 Å². The van der Waals surface area contributed by atoms with Crippen molar-refractivity contribution < 1.29 is 24.2 Å². The van der Waals surface area contributed by atoms with Crippen LogP contribution in [0.4, 0.5) is 5.69 Å². The van der Waals surface area contributed by atoms with E-state index in [1.807, 2.05) is 12.1 Å². The van der Waals surface area contributed by atoms with Crippen LogP contribution in [0.15, 0.2) is 52.3 Å². The number of phenols is 1. The fourth-order valence-electron chi connectivity index (χ4n) is 7.26. The number of anilines is 1. The van der Waals surface area contributed by atoms with Crippen molar-refractivity contribution in [2.45, 2.75) is 22.6 Å². The zero-order valence-electron chi connectivity index (χ0n) is 20.0. The molecule has 2 saturated carbocycles. The predicted molar refractivity (Wildman–Crippen MR) is 139 cm³/mol. The van der Waals surface area contributed by atoms with Crippen molar-refractivity contribution >= 4 is 40.6 Å². The van der Waals surface area contributed by atoms with Crippen LogP contribution in [-0.4, -0.2) is 41.4 Å². The van der Waals surface area contributed by atoms with Crippen LogP contribution in [0.5, 0.6) is 17.2 Å². The number of methoxy groups -OCH3 is 2. The molecule has 37 heavy (non-hydrogen) atoms. The molecule has 10 heteroatoms. The Morgan fingerprint density at radius 2 is 1.70 bits per heavy atom. The number of nitrogens with one attached hydrogen (secondary N) is 1. The Balaban J connectivity index is 1.31. The Kier molecular flexibility index (Phi) is 5.04. The van der Waals surface area contributed by atoms with Gasteiger partial charge in [0.25, 0.3) is 0 Å². The molecule has 8 nitrogen and oxygen atoms in total. The number of thiazole rings is 1. The number of rotatable bonds is 4. The minimum atomic E-state index is -0.375. The minimum Gasteiger partial charge on any atom is -0.504 e. The lowest BCUT2D eigenvalue weighted by Crippen LogP contribution is -2.42. The second kappa shape index (κ2) is 8.13. The Morgan fingerprint density at radius 1 is 0.973 bits per heavy atom. The molecule has 1 aromatic heterocycles. The topological polar surface area (TPSA) is 109 Å². The van der Waals surface area contributed by atoms with Crippen molar-refractivity contribution in [1.82, 2.24) is 4.98 Å². The van der Waals surface area contributed by atoms with Gasteiger partial charge in [0.2, 0.25) is 11.8 Å². The monoisotopic (exact) mass is 536 g/mol. The Morgan fingerprint density at radius 3 is 2.41 bits per heavy atom. The van der Waals surface area contributed by atoms with Crippen LogP contribution in [0.1, 0.15) is 22.8 Å². The Bertz CT molecular complexity index is 1500. The van der Waals surface area contributed by atoms with Gasteiger partial charge in [-0.05, 0) is 66.1 Å². The summed E-state index contributed by atoms with van der Waals surface area (Å²) in [7, 11) is 3.09.